The van der Waals surface area contributed by atoms with Crippen LogP contribution in [-0.4, -0.2) is 40.8 Å². The number of carbonyl (C=O) groups is 3. The third-order valence-electron chi connectivity index (χ3n) is 4.21. The average Bonchev–Trinajstić information content (AvgIpc) is 2.91. The molecular formula is C17H18N4O3. The molecule has 0 bridgehead atoms. The van der Waals surface area contributed by atoms with Crippen LogP contribution in [0.2, 0.25) is 0 Å². The van der Waals surface area contributed by atoms with Gasteiger partial charge in [0.1, 0.15) is 5.69 Å². The van der Waals surface area contributed by atoms with E-state index in [4.69, 9.17) is 5.73 Å². The molecule has 1 aliphatic heterocycles. The van der Waals surface area contributed by atoms with Gasteiger partial charge in [-0.1, -0.05) is 18.2 Å². The minimum absolute atomic E-state index is 0.0922. The van der Waals surface area contributed by atoms with Gasteiger partial charge in [0.15, 0.2) is 0 Å². The second-order valence-electron chi connectivity index (χ2n) is 5.90. The van der Waals surface area contributed by atoms with E-state index in [-0.39, 0.29) is 11.8 Å². The fourth-order valence-electron chi connectivity index (χ4n) is 2.99. The van der Waals surface area contributed by atoms with Crippen LogP contribution in [-0.2, 0) is 11.8 Å². The molecule has 0 aliphatic carbocycles. The van der Waals surface area contributed by atoms with Crippen molar-refractivity contribution in [2.45, 2.75) is 5.92 Å². The first-order valence-corrected chi connectivity index (χ1v) is 7.50. The van der Waals surface area contributed by atoms with Crippen LogP contribution in [0.15, 0.2) is 36.5 Å². The molecule has 0 fully saturated rings. The van der Waals surface area contributed by atoms with E-state index in [1.165, 1.54) is 11.0 Å². The fraction of sp³-hybridized carbons (Fsp3) is 0.235. The standard InChI is InChI=1S/C17H18N4O3/c1-20-8-10(7-14(20)15(18)22)19-16(23)13-9-21(2)17(24)12-6-4-3-5-11(12)13/h3-8,13H,9H2,1-2H3,(H2,18,22)(H,19,23). The van der Waals surface area contributed by atoms with Gasteiger partial charge in [-0.2, -0.15) is 0 Å². The van der Waals surface area contributed by atoms with Gasteiger partial charge >= 0.3 is 0 Å². The van der Waals surface area contributed by atoms with Gasteiger partial charge in [0.25, 0.3) is 11.8 Å². The van der Waals surface area contributed by atoms with Crippen LogP contribution in [0.4, 0.5) is 5.69 Å². The number of nitrogens with zero attached hydrogens (tertiary/aromatic N) is 2. The van der Waals surface area contributed by atoms with E-state index in [0.717, 1.165) is 0 Å². The lowest BCUT2D eigenvalue weighted by Crippen LogP contribution is -2.41. The van der Waals surface area contributed by atoms with Gasteiger partial charge in [0, 0.05) is 32.4 Å². The van der Waals surface area contributed by atoms with Crippen molar-refractivity contribution in [2.24, 2.45) is 12.8 Å². The predicted molar refractivity (Wildman–Crippen MR) is 88.7 cm³/mol. The van der Waals surface area contributed by atoms with Gasteiger partial charge in [-0.3, -0.25) is 14.4 Å². The van der Waals surface area contributed by atoms with E-state index in [2.05, 4.69) is 5.32 Å². The van der Waals surface area contributed by atoms with Gasteiger partial charge < -0.3 is 20.5 Å². The number of aromatic nitrogens is 1. The van der Waals surface area contributed by atoms with Gasteiger partial charge in [-0.15, -0.1) is 0 Å². The van der Waals surface area contributed by atoms with E-state index in [0.29, 0.717) is 29.1 Å². The summed E-state index contributed by atoms with van der Waals surface area (Å²) >= 11 is 0. The van der Waals surface area contributed by atoms with Crippen LogP contribution in [0.1, 0.15) is 32.3 Å². The normalized spacial score (nSPS) is 16.7. The molecule has 3 amide bonds. The zero-order chi connectivity index (χ0) is 17.4. The maximum atomic E-state index is 12.7. The second-order valence-corrected chi connectivity index (χ2v) is 5.90. The Balaban J connectivity index is 1.88. The van der Waals surface area contributed by atoms with E-state index < -0.39 is 11.8 Å². The fourth-order valence-corrected chi connectivity index (χ4v) is 2.99. The lowest BCUT2D eigenvalue weighted by Gasteiger charge is -2.30. The zero-order valence-electron chi connectivity index (χ0n) is 13.4. The van der Waals surface area contributed by atoms with Gasteiger partial charge in [0.2, 0.25) is 5.91 Å². The molecule has 3 N–H and O–H groups in total. The molecule has 1 unspecified atom stereocenters. The quantitative estimate of drug-likeness (QED) is 0.878. The van der Waals surface area contributed by atoms with Crippen molar-refractivity contribution in [3.05, 3.63) is 53.3 Å². The van der Waals surface area contributed by atoms with Gasteiger partial charge in [0.05, 0.1) is 11.6 Å². The van der Waals surface area contributed by atoms with Crippen molar-refractivity contribution in [2.75, 3.05) is 18.9 Å². The van der Waals surface area contributed by atoms with Crippen LogP contribution in [0, 0.1) is 0 Å². The van der Waals surface area contributed by atoms with Crippen molar-refractivity contribution in [1.29, 1.82) is 0 Å². The maximum Gasteiger partial charge on any atom is 0.265 e. The highest BCUT2D eigenvalue weighted by atomic mass is 16.2. The monoisotopic (exact) mass is 326 g/mol. The molecule has 1 aliphatic rings. The van der Waals surface area contributed by atoms with E-state index in [9.17, 15) is 14.4 Å². The van der Waals surface area contributed by atoms with Crippen LogP contribution < -0.4 is 11.1 Å². The van der Waals surface area contributed by atoms with Crippen molar-refractivity contribution in [3.63, 3.8) is 0 Å². The molecule has 3 rings (SSSR count). The highest BCUT2D eigenvalue weighted by molar-refractivity contribution is 6.04. The smallest absolute Gasteiger partial charge is 0.265 e. The Morgan fingerprint density at radius 3 is 2.62 bits per heavy atom. The molecular weight excluding hydrogens is 308 g/mol. The Labute approximate surface area is 139 Å². The van der Waals surface area contributed by atoms with Gasteiger partial charge in [-0.25, -0.2) is 0 Å². The van der Waals surface area contributed by atoms with Crippen LogP contribution in [0.3, 0.4) is 0 Å². The number of likely N-dealkylation sites (N-methyl/N-ethyl adjacent to an activating group) is 1. The largest absolute Gasteiger partial charge is 0.364 e. The minimum atomic E-state index is -0.564. The summed E-state index contributed by atoms with van der Waals surface area (Å²) in [6, 6.07) is 8.64. The third kappa shape index (κ3) is 2.64. The number of amides is 3. The highest BCUT2D eigenvalue weighted by Crippen LogP contribution is 2.28. The zero-order valence-corrected chi connectivity index (χ0v) is 13.4. The van der Waals surface area contributed by atoms with E-state index in [1.807, 2.05) is 6.07 Å². The molecule has 7 heteroatoms. The molecule has 0 saturated carbocycles. The topological polar surface area (TPSA) is 97.4 Å². The first-order valence-electron chi connectivity index (χ1n) is 7.50. The molecule has 24 heavy (non-hydrogen) atoms. The number of benzene rings is 1. The molecule has 7 nitrogen and oxygen atoms in total. The van der Waals surface area contributed by atoms with Crippen molar-refractivity contribution < 1.29 is 14.4 Å². The predicted octanol–water partition coefficient (Wildman–Crippen LogP) is 0.932. The first kappa shape index (κ1) is 15.8. The number of nitrogens with two attached hydrogens (primary N) is 1. The number of primary amides is 1. The highest BCUT2D eigenvalue weighted by Gasteiger charge is 2.33. The summed E-state index contributed by atoms with van der Waals surface area (Å²) in [6.45, 7) is 0.303. The number of carbonyl (C=O) groups excluding carboxylic acids is 3. The molecule has 0 saturated heterocycles. The summed E-state index contributed by atoms with van der Waals surface area (Å²) in [5.74, 6) is -1.36. The Morgan fingerprint density at radius 2 is 1.96 bits per heavy atom. The Kier molecular flexibility index (Phi) is 3.84. The molecule has 0 spiro atoms. The number of nitrogens with one attached hydrogen (secondary N) is 1. The van der Waals surface area contributed by atoms with Crippen molar-refractivity contribution in [3.8, 4) is 0 Å². The van der Waals surface area contributed by atoms with Crippen LogP contribution >= 0.6 is 0 Å². The van der Waals surface area contributed by atoms with Crippen molar-refractivity contribution >= 4 is 23.4 Å². The molecule has 2 aromatic rings. The number of hydrogen-bond acceptors (Lipinski definition) is 3. The number of rotatable bonds is 3. The van der Waals surface area contributed by atoms with Gasteiger partial charge in [-0.05, 0) is 17.7 Å². The molecule has 124 valence electrons. The lowest BCUT2D eigenvalue weighted by atomic mass is 9.89. The van der Waals surface area contributed by atoms with Crippen molar-refractivity contribution in [1.82, 2.24) is 9.47 Å². The van der Waals surface area contributed by atoms with E-state index in [1.54, 1.807) is 43.1 Å². The Bertz CT molecular complexity index is 840. The molecule has 2 heterocycles. The average molecular weight is 326 g/mol. The molecule has 1 aromatic carbocycles. The van der Waals surface area contributed by atoms with Crippen LogP contribution in [0.5, 0.6) is 0 Å². The lowest BCUT2D eigenvalue weighted by molar-refractivity contribution is -0.117. The van der Waals surface area contributed by atoms with E-state index >= 15 is 0 Å². The number of hydrogen-bond donors (Lipinski definition) is 2. The summed E-state index contributed by atoms with van der Waals surface area (Å²) in [7, 11) is 3.35. The number of anilines is 1. The maximum absolute atomic E-state index is 12.7. The minimum Gasteiger partial charge on any atom is -0.364 e. The summed E-state index contributed by atoms with van der Waals surface area (Å²) in [4.78, 5) is 37.7. The Morgan fingerprint density at radius 1 is 1.25 bits per heavy atom. The second kappa shape index (κ2) is 5.84. The Hall–Kier alpha value is -3.09. The molecule has 1 atom stereocenters. The summed E-state index contributed by atoms with van der Waals surface area (Å²) < 4.78 is 1.56. The summed E-state index contributed by atoms with van der Waals surface area (Å²) in [6.07, 6.45) is 1.63. The molecule has 1 aromatic heterocycles. The molecule has 0 radical (unpaired) electrons. The third-order valence-corrected chi connectivity index (χ3v) is 4.21. The first-order chi connectivity index (χ1) is 11.4. The SMILES string of the molecule is CN1CC(C(=O)Nc2cc(C(N)=O)n(C)c2)c2ccccc2C1=O. The summed E-state index contributed by atoms with van der Waals surface area (Å²) in [5.41, 5.74) is 7.33. The van der Waals surface area contributed by atoms with Crippen LogP contribution in [0.25, 0.3) is 0 Å². The number of fused-ring (bicyclic) bond motifs is 1. The number of aryl methyl sites for hydroxylation is 1. The summed E-state index contributed by atoms with van der Waals surface area (Å²) in [5, 5.41) is 2.80.